The first-order chi connectivity index (χ1) is 36.5. The minimum Gasteiger partial charge on any atom is -0.382 e. The number of fused-ring (bicyclic) bond motifs is 1. The number of sulfone groups is 1. The molecule has 2 fully saturated rings. The van der Waals surface area contributed by atoms with Crippen molar-refractivity contribution < 1.29 is 57.9 Å². The van der Waals surface area contributed by atoms with E-state index in [-0.39, 0.29) is 74.9 Å². The molecule has 3 N–H and O–H groups in total. The van der Waals surface area contributed by atoms with Crippen LogP contribution in [-0.2, 0) is 43.0 Å². The molecule has 9 rings (SSSR count). The third kappa shape index (κ3) is 13.0. The van der Waals surface area contributed by atoms with Gasteiger partial charge in [-0.25, -0.2) is 29.9 Å². The van der Waals surface area contributed by atoms with Crippen LogP contribution in [0.15, 0.2) is 135 Å². The summed E-state index contributed by atoms with van der Waals surface area (Å²) < 4.78 is 120. The number of piperidine rings is 2. The summed E-state index contributed by atoms with van der Waals surface area (Å²) in [6.07, 6.45) is 1.92. The average Bonchev–Trinajstić information content (AvgIpc) is 4.22. The number of amides is 2. The van der Waals surface area contributed by atoms with Gasteiger partial charge in [0.05, 0.1) is 39.4 Å². The van der Waals surface area contributed by atoms with Crippen LogP contribution < -0.4 is 16.0 Å². The Morgan fingerprint density at radius 3 is 1.75 bits per heavy atom. The van der Waals surface area contributed by atoms with Crippen LogP contribution in [0.2, 0.25) is 0 Å². The number of para-hydroxylation sites is 1. The number of benzene rings is 4. The van der Waals surface area contributed by atoms with E-state index in [2.05, 4.69) is 26.3 Å². The Kier molecular flexibility index (Phi) is 16.8. The summed E-state index contributed by atoms with van der Waals surface area (Å²) in [5, 5.41) is 38.5. The highest BCUT2D eigenvalue weighted by Crippen LogP contribution is 2.34. The molecule has 2 aliphatic heterocycles. The fraction of sp³-hybridized carbons (Fsp3) is 0.277. The first-order valence-corrected chi connectivity index (χ1v) is 29.2. The number of hydrogen-bond acceptors (Lipinski definition) is 17. The van der Waals surface area contributed by atoms with Gasteiger partial charge >= 0.3 is 5.51 Å². The molecule has 0 saturated carbocycles. The van der Waals surface area contributed by atoms with Crippen LogP contribution in [0.5, 0.6) is 0 Å². The number of rotatable bonds is 16. The SMILES string of the molecule is O=C(NCc1ccc(S(=O)(=O)N2CCC(Nc3cccc(S(=O)(=O)C(F)(F)F)c3)CC2)s1)c1ccc([N+](=O)[O-])cc1.O=C(NCc1ccc(S(=O)(=O)N2CCC(n3nnc4ccccc43)CC2)s1)c1cccc([N+](=O)[O-])c1. The smallest absolute Gasteiger partial charge is 0.382 e. The molecule has 22 nitrogen and oxygen atoms in total. The molecular weight excluding hydrogens is 1110 g/mol. The quantitative estimate of drug-likeness (QED) is 0.0623. The van der Waals surface area contributed by atoms with Crippen molar-refractivity contribution in [2.24, 2.45) is 0 Å². The van der Waals surface area contributed by atoms with E-state index in [0.29, 0.717) is 48.5 Å². The summed E-state index contributed by atoms with van der Waals surface area (Å²) in [6.45, 7) is 1.17. The number of alkyl halides is 3. The molecule has 2 amide bonds. The molecule has 0 spiro atoms. The predicted octanol–water partition coefficient (Wildman–Crippen LogP) is 7.50. The Labute approximate surface area is 445 Å². The maximum Gasteiger partial charge on any atom is 0.501 e. The summed E-state index contributed by atoms with van der Waals surface area (Å²) in [6, 6.07) is 28.6. The number of nitrogens with one attached hydrogen (secondary N) is 3. The number of halogens is 3. The van der Waals surface area contributed by atoms with Crippen LogP contribution in [0.4, 0.5) is 30.2 Å². The van der Waals surface area contributed by atoms with Gasteiger partial charge in [0.2, 0.25) is 0 Å². The highest BCUT2D eigenvalue weighted by Gasteiger charge is 2.47. The van der Waals surface area contributed by atoms with Crippen molar-refractivity contribution in [2.45, 2.75) is 69.7 Å². The van der Waals surface area contributed by atoms with Crippen molar-refractivity contribution in [3.8, 4) is 0 Å². The summed E-state index contributed by atoms with van der Waals surface area (Å²) in [5.41, 5.74) is -3.44. The second-order valence-corrected chi connectivity index (χ2v) is 26.0. The highest BCUT2D eigenvalue weighted by molar-refractivity contribution is 7.92. The third-order valence-electron chi connectivity index (χ3n) is 12.4. The second kappa shape index (κ2) is 23.2. The lowest BCUT2D eigenvalue weighted by Crippen LogP contribution is -2.42. The van der Waals surface area contributed by atoms with E-state index in [1.54, 1.807) is 18.2 Å². The number of thiophene rings is 2. The van der Waals surface area contributed by atoms with Gasteiger partial charge in [-0.05, 0) is 98.5 Å². The van der Waals surface area contributed by atoms with Crippen molar-refractivity contribution in [1.29, 1.82) is 0 Å². The monoisotopic (exact) mass is 1160 g/mol. The number of carbonyl (C=O) groups excluding carboxylic acids is 2. The van der Waals surface area contributed by atoms with Crippen LogP contribution in [0, 0.1) is 20.2 Å². The van der Waals surface area contributed by atoms with Gasteiger partial charge in [-0.3, -0.25) is 29.8 Å². The summed E-state index contributed by atoms with van der Waals surface area (Å²) in [5.74, 6) is -0.951. The Morgan fingerprint density at radius 2 is 1.18 bits per heavy atom. The van der Waals surface area contributed by atoms with Crippen LogP contribution in [0.1, 0.15) is 62.2 Å². The molecule has 0 atom stereocenters. The lowest BCUT2D eigenvalue weighted by molar-refractivity contribution is -0.385. The van der Waals surface area contributed by atoms with Crippen LogP contribution in [0.3, 0.4) is 0 Å². The average molecular weight is 1160 g/mol. The zero-order valence-electron chi connectivity index (χ0n) is 40.0. The Balaban J connectivity index is 0.000000205. The molecule has 2 aliphatic rings. The fourth-order valence-corrected chi connectivity index (χ4v) is 15.0. The number of anilines is 1. The highest BCUT2D eigenvalue weighted by atomic mass is 32.3. The Morgan fingerprint density at radius 1 is 0.636 bits per heavy atom. The van der Waals surface area contributed by atoms with Gasteiger partial charge in [0, 0.05) is 83.1 Å². The molecule has 5 heterocycles. The standard InChI is InChI=1S/C24H23F3N4O7S3.C23H22N6O5S2/c25-24(26,27)40(35,36)21-3-1-2-18(14-21)29-17-10-12-30(13-11-17)41(37,38)22-9-8-20(39-22)15-28-23(32)16-4-6-19(7-5-16)31(33)34;30-23(16-4-3-5-18(14-16)29(31)32)24-15-19-8-9-22(35-19)36(33,34)27-12-10-17(11-13-27)28-21-7-2-1-6-20(21)25-26-28/h1-9,14,17,29H,10-13,15H2,(H,28,32);1-9,14,17H,10-13,15H2,(H,24,30). The van der Waals surface area contributed by atoms with Gasteiger partial charge < -0.3 is 16.0 Å². The van der Waals surface area contributed by atoms with Crippen molar-refractivity contribution in [3.63, 3.8) is 0 Å². The number of nitro groups is 2. The van der Waals surface area contributed by atoms with E-state index in [1.807, 2.05) is 28.9 Å². The molecule has 0 radical (unpaired) electrons. The van der Waals surface area contributed by atoms with Crippen LogP contribution in [-0.4, -0.2) is 108 Å². The van der Waals surface area contributed by atoms with Crippen molar-refractivity contribution in [2.75, 3.05) is 31.5 Å². The minimum atomic E-state index is -5.50. The third-order valence-corrected chi connectivity index (χ3v) is 20.8. The topological polar surface area (TPSA) is 296 Å². The number of aromatic nitrogens is 3. The zero-order valence-corrected chi connectivity index (χ0v) is 44.1. The van der Waals surface area contributed by atoms with E-state index < -0.39 is 61.9 Å². The van der Waals surface area contributed by atoms with Crippen molar-refractivity contribution >= 4 is 92.5 Å². The molecular formula is C47H45F3N10O12S5. The van der Waals surface area contributed by atoms with Crippen LogP contribution >= 0.6 is 22.7 Å². The van der Waals surface area contributed by atoms with Gasteiger partial charge in [0.15, 0.2) is 0 Å². The molecule has 0 bridgehead atoms. The lowest BCUT2D eigenvalue weighted by Gasteiger charge is -2.31. The summed E-state index contributed by atoms with van der Waals surface area (Å²) in [7, 11) is -13.0. The summed E-state index contributed by atoms with van der Waals surface area (Å²) >= 11 is 2.09. The molecule has 7 aromatic rings. The van der Waals surface area contributed by atoms with Gasteiger partial charge in [-0.15, -0.1) is 27.8 Å². The van der Waals surface area contributed by atoms with Gasteiger partial charge in [0.25, 0.3) is 53.1 Å². The zero-order chi connectivity index (χ0) is 55.3. The van der Waals surface area contributed by atoms with E-state index >= 15 is 0 Å². The van der Waals surface area contributed by atoms with E-state index in [1.165, 1.54) is 75.3 Å². The Hall–Kier alpha value is -7.22. The van der Waals surface area contributed by atoms with Crippen LogP contribution in [0.25, 0.3) is 11.0 Å². The molecule has 3 aromatic heterocycles. The van der Waals surface area contributed by atoms with Gasteiger partial charge in [-0.1, -0.05) is 29.5 Å². The van der Waals surface area contributed by atoms with E-state index in [9.17, 15) is 68.2 Å². The normalized spacial score (nSPS) is 15.3. The predicted molar refractivity (Wildman–Crippen MR) is 277 cm³/mol. The number of sulfonamides is 2. The lowest BCUT2D eigenvalue weighted by atomic mass is 10.1. The molecule has 2 saturated heterocycles. The first kappa shape index (κ1) is 56.0. The number of nitro benzene ring substituents is 2. The molecule has 4 aromatic carbocycles. The summed E-state index contributed by atoms with van der Waals surface area (Å²) in [4.78, 5) is 45.6. The van der Waals surface area contributed by atoms with Gasteiger partial charge in [0.1, 0.15) is 13.9 Å². The number of non-ortho nitro benzene ring substituents is 2. The van der Waals surface area contributed by atoms with E-state index in [0.717, 1.165) is 45.8 Å². The molecule has 406 valence electrons. The van der Waals surface area contributed by atoms with Crippen molar-refractivity contribution in [1.82, 2.24) is 34.2 Å². The first-order valence-electron chi connectivity index (χ1n) is 23.2. The second-order valence-electron chi connectivity index (χ2n) is 17.4. The molecule has 77 heavy (non-hydrogen) atoms. The van der Waals surface area contributed by atoms with Gasteiger partial charge in [-0.2, -0.15) is 21.8 Å². The Bertz CT molecular complexity index is 3670. The number of carbonyl (C=O) groups is 2. The minimum absolute atomic E-state index is 0.0468. The number of nitrogens with zero attached hydrogens (tertiary/aromatic N) is 7. The fourth-order valence-electron chi connectivity index (χ4n) is 8.32. The molecule has 0 aliphatic carbocycles. The maximum atomic E-state index is 13.2. The number of hydrogen-bond donors (Lipinski definition) is 3. The van der Waals surface area contributed by atoms with E-state index in [4.69, 9.17) is 0 Å². The molecule has 30 heteroatoms. The maximum absolute atomic E-state index is 13.2. The largest absolute Gasteiger partial charge is 0.501 e. The van der Waals surface area contributed by atoms with Crippen molar-refractivity contribution in [3.05, 3.63) is 162 Å². The molecule has 0 unspecified atom stereocenters.